The number of carbonyl (C=O) groups is 1. The van der Waals surface area contributed by atoms with Crippen molar-refractivity contribution in [2.45, 2.75) is 37.6 Å². The van der Waals surface area contributed by atoms with Gasteiger partial charge in [-0.15, -0.1) is 0 Å². The third-order valence-corrected chi connectivity index (χ3v) is 4.86. The van der Waals surface area contributed by atoms with E-state index >= 15 is 0 Å². The van der Waals surface area contributed by atoms with Crippen molar-refractivity contribution in [1.29, 1.82) is 0 Å². The Morgan fingerprint density at radius 1 is 1.22 bits per heavy atom. The minimum atomic E-state index is -0.104. The molecule has 5 nitrogen and oxygen atoms in total. The Balaban J connectivity index is 1.55. The van der Waals surface area contributed by atoms with Gasteiger partial charge in [-0.1, -0.05) is 6.08 Å². The number of allylic oxidation sites excluding steroid dienone is 1. The van der Waals surface area contributed by atoms with Gasteiger partial charge in [-0.2, -0.15) is 0 Å². The number of aromatic nitrogens is 1. The van der Waals surface area contributed by atoms with Crippen LogP contribution >= 0.6 is 0 Å². The average molecular weight is 310 g/mol. The molecule has 1 aliphatic heterocycles. The van der Waals surface area contributed by atoms with E-state index in [1.165, 1.54) is 17.4 Å². The molecule has 4 N–H and O–H groups in total. The van der Waals surface area contributed by atoms with E-state index in [0.29, 0.717) is 12.0 Å². The highest BCUT2D eigenvalue weighted by molar-refractivity contribution is 5.94. The molecule has 1 atom stereocenters. The highest BCUT2D eigenvalue weighted by Crippen LogP contribution is 2.31. The highest BCUT2D eigenvalue weighted by Gasteiger charge is 2.20. The molecule has 0 radical (unpaired) electrons. The number of fused-ring (bicyclic) bond motifs is 1. The van der Waals surface area contributed by atoms with E-state index in [1.807, 2.05) is 18.3 Å². The summed E-state index contributed by atoms with van der Waals surface area (Å²) < 4.78 is 0. The van der Waals surface area contributed by atoms with Crippen molar-refractivity contribution in [2.75, 3.05) is 11.9 Å². The fourth-order valence-corrected chi connectivity index (χ4v) is 3.29. The van der Waals surface area contributed by atoms with Crippen LogP contribution in [0.4, 0.5) is 10.5 Å². The highest BCUT2D eigenvalue weighted by atomic mass is 16.2. The average Bonchev–Trinajstić information content (AvgIpc) is 2.95. The Kier molecular flexibility index (Phi) is 3.69. The number of hydrogen-bond donors (Lipinski definition) is 4. The van der Waals surface area contributed by atoms with Gasteiger partial charge in [0.1, 0.15) is 0 Å². The number of nitrogens with one attached hydrogen (secondary N) is 4. The molecule has 2 heterocycles. The molecule has 120 valence electrons. The van der Waals surface area contributed by atoms with Crippen LogP contribution in [0.25, 0.3) is 10.9 Å². The van der Waals surface area contributed by atoms with Crippen LogP contribution in [-0.4, -0.2) is 23.6 Å². The maximum absolute atomic E-state index is 12.0. The van der Waals surface area contributed by atoms with Gasteiger partial charge >= 0.3 is 6.03 Å². The molecule has 0 spiro atoms. The molecule has 0 bridgehead atoms. The second kappa shape index (κ2) is 5.99. The van der Waals surface area contributed by atoms with Crippen LogP contribution in [-0.2, 0) is 0 Å². The van der Waals surface area contributed by atoms with Gasteiger partial charge < -0.3 is 20.9 Å². The first-order valence-electron chi connectivity index (χ1n) is 8.38. The number of anilines is 1. The van der Waals surface area contributed by atoms with E-state index < -0.39 is 0 Å². The number of carbonyl (C=O) groups excluding carboxylic acids is 1. The Morgan fingerprint density at radius 3 is 2.87 bits per heavy atom. The van der Waals surface area contributed by atoms with E-state index in [9.17, 15) is 4.79 Å². The number of amides is 2. The molecule has 4 rings (SSSR count). The largest absolute Gasteiger partial charge is 0.391 e. The van der Waals surface area contributed by atoms with E-state index in [2.05, 4.69) is 39.3 Å². The van der Waals surface area contributed by atoms with Crippen molar-refractivity contribution >= 4 is 22.6 Å². The molecular formula is C18H22N4O. The molecular weight excluding hydrogens is 288 g/mol. The zero-order valence-corrected chi connectivity index (χ0v) is 13.1. The van der Waals surface area contributed by atoms with Crippen molar-refractivity contribution in [2.24, 2.45) is 0 Å². The van der Waals surface area contributed by atoms with Gasteiger partial charge in [-0.3, -0.25) is 0 Å². The number of H-pyrrole nitrogens is 1. The Bertz CT molecular complexity index is 745. The molecule has 1 saturated carbocycles. The summed E-state index contributed by atoms with van der Waals surface area (Å²) in [6.07, 6.45) is 10.8. The van der Waals surface area contributed by atoms with Crippen LogP contribution in [0.1, 0.15) is 37.2 Å². The number of benzene rings is 1. The number of rotatable bonds is 3. The zero-order valence-electron chi connectivity index (χ0n) is 13.1. The van der Waals surface area contributed by atoms with Gasteiger partial charge in [0.25, 0.3) is 0 Å². The van der Waals surface area contributed by atoms with Gasteiger partial charge in [-0.25, -0.2) is 4.79 Å². The fraction of sp³-hybridized carbons (Fsp3) is 0.389. The van der Waals surface area contributed by atoms with Crippen molar-refractivity contribution in [3.63, 3.8) is 0 Å². The summed E-state index contributed by atoms with van der Waals surface area (Å²) in [6, 6.07) is 6.29. The van der Waals surface area contributed by atoms with Gasteiger partial charge in [0.2, 0.25) is 0 Å². The van der Waals surface area contributed by atoms with E-state index in [-0.39, 0.29) is 6.03 Å². The van der Waals surface area contributed by atoms with Crippen LogP contribution in [0.15, 0.2) is 36.7 Å². The first kappa shape index (κ1) is 14.2. The molecule has 1 aliphatic carbocycles. The van der Waals surface area contributed by atoms with Crippen molar-refractivity contribution in [3.05, 3.63) is 42.2 Å². The zero-order chi connectivity index (χ0) is 15.6. The monoisotopic (exact) mass is 310 g/mol. The van der Waals surface area contributed by atoms with Crippen molar-refractivity contribution in [3.8, 4) is 0 Å². The molecule has 0 saturated heterocycles. The molecule has 2 amide bonds. The number of urea groups is 1. The van der Waals surface area contributed by atoms with Crippen LogP contribution < -0.4 is 16.0 Å². The lowest BCUT2D eigenvalue weighted by Gasteiger charge is -2.26. The molecule has 2 aromatic rings. The van der Waals surface area contributed by atoms with E-state index in [4.69, 9.17) is 0 Å². The molecule has 1 fully saturated rings. The van der Waals surface area contributed by atoms with Gasteiger partial charge in [-0.05, 0) is 55.6 Å². The number of hydrogen-bond acceptors (Lipinski definition) is 2. The summed E-state index contributed by atoms with van der Waals surface area (Å²) in [7, 11) is 0. The maximum Gasteiger partial charge on any atom is 0.319 e. The van der Waals surface area contributed by atoms with E-state index in [1.54, 1.807) is 0 Å². The van der Waals surface area contributed by atoms with Crippen molar-refractivity contribution in [1.82, 2.24) is 15.6 Å². The van der Waals surface area contributed by atoms with Crippen LogP contribution in [0.2, 0.25) is 0 Å². The summed E-state index contributed by atoms with van der Waals surface area (Å²) in [5.74, 6) is 0.420. The minimum Gasteiger partial charge on any atom is -0.391 e. The Hall–Kier alpha value is -2.43. The SMILES string of the molecule is O=C(Nc1ccc2[nH]cc(C3C=CNCC3)c2c1)NC1CCC1. The molecule has 5 heteroatoms. The lowest BCUT2D eigenvalue weighted by Crippen LogP contribution is -2.41. The smallest absolute Gasteiger partial charge is 0.319 e. The molecule has 2 aliphatic rings. The fourth-order valence-electron chi connectivity index (χ4n) is 3.29. The quantitative estimate of drug-likeness (QED) is 0.701. The van der Waals surface area contributed by atoms with Gasteiger partial charge in [0, 0.05) is 41.3 Å². The predicted octanol–water partition coefficient (Wildman–Crippen LogP) is 3.43. The molecule has 1 unspecified atom stereocenters. The third-order valence-electron chi connectivity index (χ3n) is 4.86. The summed E-state index contributed by atoms with van der Waals surface area (Å²) in [6.45, 7) is 0.996. The minimum absolute atomic E-state index is 0.104. The Labute approximate surface area is 135 Å². The first-order chi connectivity index (χ1) is 11.3. The second-order valence-corrected chi connectivity index (χ2v) is 6.44. The lowest BCUT2D eigenvalue weighted by atomic mass is 9.93. The van der Waals surface area contributed by atoms with Crippen LogP contribution in [0, 0.1) is 0 Å². The molecule has 1 aromatic heterocycles. The third kappa shape index (κ3) is 2.91. The van der Waals surface area contributed by atoms with Crippen molar-refractivity contribution < 1.29 is 4.79 Å². The number of aromatic amines is 1. The van der Waals surface area contributed by atoms with Crippen LogP contribution in [0.5, 0.6) is 0 Å². The van der Waals surface area contributed by atoms with Gasteiger partial charge in [0.15, 0.2) is 0 Å². The predicted molar refractivity (Wildman–Crippen MR) is 92.6 cm³/mol. The summed E-state index contributed by atoms with van der Waals surface area (Å²) in [4.78, 5) is 15.4. The molecule has 23 heavy (non-hydrogen) atoms. The lowest BCUT2D eigenvalue weighted by molar-refractivity contribution is 0.240. The second-order valence-electron chi connectivity index (χ2n) is 6.44. The summed E-state index contributed by atoms with van der Waals surface area (Å²) >= 11 is 0. The first-order valence-corrected chi connectivity index (χ1v) is 8.38. The van der Waals surface area contributed by atoms with E-state index in [0.717, 1.165) is 37.0 Å². The summed E-state index contributed by atoms with van der Waals surface area (Å²) in [5.41, 5.74) is 3.24. The molecule has 1 aromatic carbocycles. The van der Waals surface area contributed by atoms with Crippen LogP contribution in [0.3, 0.4) is 0 Å². The topological polar surface area (TPSA) is 69.0 Å². The maximum atomic E-state index is 12.0. The van der Waals surface area contributed by atoms with Gasteiger partial charge in [0.05, 0.1) is 0 Å². The normalized spacial score (nSPS) is 20.8. The Morgan fingerprint density at radius 2 is 2.13 bits per heavy atom. The summed E-state index contributed by atoms with van der Waals surface area (Å²) in [5, 5.41) is 10.4. The standard InChI is InChI=1S/C18H22N4O/c23-18(21-13-2-1-3-13)22-14-4-5-17-15(10-14)16(11-20-17)12-6-8-19-9-7-12/h4-6,8,10-13,19-20H,1-3,7,9H2,(H2,21,22,23).